The number of carbonyl (C=O) groups is 2. The number of amides is 1. The van der Waals surface area contributed by atoms with E-state index in [1.54, 1.807) is 31.2 Å². The number of carbonyl (C=O) groups excluding carboxylic acids is 1. The third-order valence-corrected chi connectivity index (χ3v) is 4.50. The molecular formula is C19H21N3O3. The quantitative estimate of drug-likeness (QED) is 0.928. The molecule has 2 heterocycles. The minimum absolute atomic E-state index is 0.0437. The molecule has 1 saturated heterocycles. The van der Waals surface area contributed by atoms with Gasteiger partial charge in [0.2, 0.25) is 5.91 Å². The molecule has 0 radical (unpaired) electrons. The van der Waals surface area contributed by atoms with Gasteiger partial charge in [0.15, 0.2) is 5.82 Å². The lowest BCUT2D eigenvalue weighted by Crippen LogP contribution is -2.37. The van der Waals surface area contributed by atoms with Gasteiger partial charge in [-0.2, -0.15) is 0 Å². The fourth-order valence-electron chi connectivity index (χ4n) is 3.25. The highest BCUT2D eigenvalue weighted by Crippen LogP contribution is 2.30. The van der Waals surface area contributed by atoms with Gasteiger partial charge >= 0.3 is 5.97 Å². The van der Waals surface area contributed by atoms with Crippen molar-refractivity contribution in [2.75, 3.05) is 6.54 Å². The van der Waals surface area contributed by atoms with Crippen molar-refractivity contribution >= 4 is 11.9 Å². The molecule has 6 nitrogen and oxygen atoms in total. The fourth-order valence-corrected chi connectivity index (χ4v) is 3.25. The minimum Gasteiger partial charge on any atom is -0.478 e. The summed E-state index contributed by atoms with van der Waals surface area (Å²) >= 11 is 0. The highest BCUT2D eigenvalue weighted by Gasteiger charge is 2.28. The van der Waals surface area contributed by atoms with Crippen LogP contribution in [-0.4, -0.2) is 38.4 Å². The Morgan fingerprint density at radius 2 is 1.88 bits per heavy atom. The molecular weight excluding hydrogens is 318 g/mol. The van der Waals surface area contributed by atoms with E-state index in [0.717, 1.165) is 42.8 Å². The van der Waals surface area contributed by atoms with Crippen LogP contribution in [0.3, 0.4) is 0 Å². The Labute approximate surface area is 146 Å². The molecule has 1 aliphatic heterocycles. The van der Waals surface area contributed by atoms with E-state index in [9.17, 15) is 9.59 Å². The summed E-state index contributed by atoms with van der Waals surface area (Å²) in [5.74, 6) is -0.250. The van der Waals surface area contributed by atoms with Crippen molar-refractivity contribution < 1.29 is 14.7 Å². The van der Waals surface area contributed by atoms with Crippen molar-refractivity contribution in [3.05, 3.63) is 47.4 Å². The van der Waals surface area contributed by atoms with E-state index in [1.807, 2.05) is 17.9 Å². The summed E-state index contributed by atoms with van der Waals surface area (Å²) in [4.78, 5) is 34.0. The molecule has 2 aromatic rings. The number of carboxylic acid groups (broad SMARTS) is 1. The van der Waals surface area contributed by atoms with Crippen LogP contribution in [0.4, 0.5) is 0 Å². The molecule has 130 valence electrons. The number of aromatic carboxylic acids is 1. The van der Waals surface area contributed by atoms with Crippen LogP contribution in [0.5, 0.6) is 0 Å². The second-order valence-electron chi connectivity index (χ2n) is 6.36. The highest BCUT2D eigenvalue weighted by molar-refractivity contribution is 5.88. The van der Waals surface area contributed by atoms with Gasteiger partial charge in [0, 0.05) is 24.7 Å². The zero-order valence-corrected chi connectivity index (χ0v) is 14.4. The Morgan fingerprint density at radius 1 is 1.16 bits per heavy atom. The minimum atomic E-state index is -0.953. The number of aromatic nitrogens is 2. The Morgan fingerprint density at radius 3 is 2.52 bits per heavy atom. The lowest BCUT2D eigenvalue weighted by atomic mass is 10.0. The predicted octanol–water partition coefficient (Wildman–Crippen LogP) is 3.22. The highest BCUT2D eigenvalue weighted by atomic mass is 16.4. The molecule has 0 spiro atoms. The van der Waals surface area contributed by atoms with Gasteiger partial charge in [0.1, 0.15) is 0 Å². The monoisotopic (exact) mass is 339 g/mol. The van der Waals surface area contributed by atoms with Crippen molar-refractivity contribution in [3.8, 4) is 11.3 Å². The topological polar surface area (TPSA) is 83.4 Å². The second-order valence-corrected chi connectivity index (χ2v) is 6.36. The van der Waals surface area contributed by atoms with E-state index >= 15 is 0 Å². The van der Waals surface area contributed by atoms with Gasteiger partial charge in [-0.15, -0.1) is 0 Å². The number of nitrogens with zero attached hydrogens (tertiary/aromatic N) is 3. The van der Waals surface area contributed by atoms with Crippen LogP contribution in [0.2, 0.25) is 0 Å². The van der Waals surface area contributed by atoms with Crippen molar-refractivity contribution in [2.24, 2.45) is 0 Å². The molecule has 1 fully saturated rings. The first-order valence-electron chi connectivity index (χ1n) is 8.42. The van der Waals surface area contributed by atoms with E-state index in [-0.39, 0.29) is 17.5 Å². The SMILES string of the molecule is CC(=O)N1CCCC[C@@H]1c1nc(C)cc(-c2ccc(C(=O)O)cc2)n1. The van der Waals surface area contributed by atoms with Crippen LogP contribution in [-0.2, 0) is 4.79 Å². The molecule has 3 rings (SSSR count). The Hall–Kier alpha value is -2.76. The van der Waals surface area contributed by atoms with E-state index < -0.39 is 5.97 Å². The maximum absolute atomic E-state index is 11.9. The standard InChI is InChI=1S/C19H21N3O3/c1-12-11-16(14-6-8-15(9-7-14)19(24)25)21-18(20-12)17-5-3-4-10-22(17)13(2)23/h6-9,11,17H,3-5,10H2,1-2H3,(H,24,25)/t17-/m1/s1. The molecule has 1 aliphatic rings. The summed E-state index contributed by atoms with van der Waals surface area (Å²) in [6.45, 7) is 4.22. The first kappa shape index (κ1) is 17.1. The number of likely N-dealkylation sites (tertiary alicyclic amines) is 1. The normalized spacial score (nSPS) is 17.4. The number of aryl methyl sites for hydroxylation is 1. The van der Waals surface area contributed by atoms with Crippen LogP contribution in [0, 0.1) is 6.92 Å². The number of benzene rings is 1. The van der Waals surface area contributed by atoms with Gasteiger partial charge in [0.25, 0.3) is 0 Å². The average Bonchev–Trinajstić information content (AvgIpc) is 2.61. The summed E-state index contributed by atoms with van der Waals surface area (Å²) < 4.78 is 0. The molecule has 6 heteroatoms. The van der Waals surface area contributed by atoms with Gasteiger partial charge in [-0.1, -0.05) is 12.1 Å². The van der Waals surface area contributed by atoms with Crippen LogP contribution in [0.25, 0.3) is 11.3 Å². The van der Waals surface area contributed by atoms with E-state index in [4.69, 9.17) is 5.11 Å². The van der Waals surface area contributed by atoms with Crippen molar-refractivity contribution in [3.63, 3.8) is 0 Å². The summed E-state index contributed by atoms with van der Waals surface area (Å²) in [5, 5.41) is 9.02. The van der Waals surface area contributed by atoms with Crippen molar-refractivity contribution in [2.45, 2.75) is 39.2 Å². The molecule has 25 heavy (non-hydrogen) atoms. The van der Waals surface area contributed by atoms with Gasteiger partial charge in [-0.3, -0.25) is 4.79 Å². The second kappa shape index (κ2) is 7.01. The fraction of sp³-hybridized carbons (Fsp3) is 0.368. The van der Waals surface area contributed by atoms with Crippen LogP contribution >= 0.6 is 0 Å². The van der Waals surface area contributed by atoms with E-state index in [1.165, 1.54) is 0 Å². The van der Waals surface area contributed by atoms with E-state index in [0.29, 0.717) is 5.82 Å². The van der Waals surface area contributed by atoms with Crippen molar-refractivity contribution in [1.82, 2.24) is 14.9 Å². The average molecular weight is 339 g/mol. The number of carboxylic acids is 1. The lowest BCUT2D eigenvalue weighted by Gasteiger charge is -2.34. The summed E-state index contributed by atoms with van der Waals surface area (Å²) in [7, 11) is 0. The third-order valence-electron chi connectivity index (χ3n) is 4.50. The molecule has 1 atom stereocenters. The van der Waals surface area contributed by atoms with Gasteiger partial charge in [0.05, 0.1) is 17.3 Å². The number of piperidine rings is 1. The van der Waals surface area contributed by atoms with Gasteiger partial charge < -0.3 is 10.0 Å². The number of rotatable bonds is 3. The number of hydrogen-bond donors (Lipinski definition) is 1. The molecule has 1 aromatic heterocycles. The molecule has 0 unspecified atom stereocenters. The first-order chi connectivity index (χ1) is 12.0. The maximum Gasteiger partial charge on any atom is 0.335 e. The molecule has 1 N–H and O–H groups in total. The molecule has 0 aliphatic carbocycles. The first-order valence-corrected chi connectivity index (χ1v) is 8.42. The number of hydrogen-bond acceptors (Lipinski definition) is 4. The summed E-state index contributed by atoms with van der Waals surface area (Å²) in [6, 6.07) is 8.41. The van der Waals surface area contributed by atoms with Gasteiger partial charge in [-0.25, -0.2) is 14.8 Å². The molecule has 0 bridgehead atoms. The molecule has 1 amide bonds. The zero-order chi connectivity index (χ0) is 18.0. The van der Waals surface area contributed by atoms with Crippen molar-refractivity contribution in [1.29, 1.82) is 0 Å². The van der Waals surface area contributed by atoms with Crippen LogP contribution in [0.1, 0.15) is 54.1 Å². The third kappa shape index (κ3) is 3.68. The smallest absolute Gasteiger partial charge is 0.335 e. The summed E-state index contributed by atoms with van der Waals surface area (Å²) in [5.41, 5.74) is 2.65. The maximum atomic E-state index is 11.9. The Kier molecular flexibility index (Phi) is 4.79. The van der Waals surface area contributed by atoms with Gasteiger partial charge in [-0.05, 0) is 44.4 Å². The van der Waals surface area contributed by atoms with Crippen LogP contribution < -0.4 is 0 Å². The Balaban J connectivity index is 1.97. The molecule has 1 aromatic carbocycles. The predicted molar refractivity (Wildman–Crippen MR) is 93.1 cm³/mol. The largest absolute Gasteiger partial charge is 0.478 e. The lowest BCUT2D eigenvalue weighted by molar-refractivity contribution is -0.132. The molecule has 0 saturated carbocycles. The summed E-state index contributed by atoms with van der Waals surface area (Å²) in [6.07, 6.45) is 2.92. The van der Waals surface area contributed by atoms with E-state index in [2.05, 4.69) is 9.97 Å². The zero-order valence-electron chi connectivity index (χ0n) is 14.4. The Bertz CT molecular complexity index is 802. The van der Waals surface area contributed by atoms with Crippen LogP contribution in [0.15, 0.2) is 30.3 Å².